The maximum absolute atomic E-state index is 12.8. The van der Waals surface area contributed by atoms with E-state index in [0.717, 1.165) is 33.8 Å². The molecule has 4 rings (SSSR count). The van der Waals surface area contributed by atoms with Crippen LogP contribution in [0.2, 0.25) is 0 Å². The van der Waals surface area contributed by atoms with Crippen LogP contribution in [0.25, 0.3) is 0 Å². The molecule has 4 aromatic rings. The van der Waals surface area contributed by atoms with Gasteiger partial charge in [-0.15, -0.1) is 0 Å². The third-order valence-corrected chi connectivity index (χ3v) is 9.93. The first kappa shape index (κ1) is 40.5. The van der Waals surface area contributed by atoms with Crippen molar-refractivity contribution < 1.29 is 28.5 Å². The van der Waals surface area contributed by atoms with Gasteiger partial charge in [0.25, 0.3) is 0 Å². The molecule has 0 spiro atoms. The van der Waals surface area contributed by atoms with E-state index in [0.29, 0.717) is 37.6 Å². The summed E-state index contributed by atoms with van der Waals surface area (Å²) in [5.41, 5.74) is 3.13. The van der Waals surface area contributed by atoms with Crippen LogP contribution in [0, 0.1) is 0 Å². The standard InChI is InChI=1S/C42H52N2O6S2/c1-41(2,3)49-39(45)43-35(25-31-17-21-37(22-18-31)47-27-33-13-9-7-10-14-33)29-51-52-30-36(44-40(46)50-42(4,5)6)26-32-19-23-38(24-20-32)48-28-34-15-11-8-12-16-34/h7-24,35-36H,25-30H2,1-6H3,(H,43,45)(H,44,46)/t35-,36-/m1/s1. The minimum absolute atomic E-state index is 0.191. The summed E-state index contributed by atoms with van der Waals surface area (Å²) in [6.45, 7) is 12.1. The van der Waals surface area contributed by atoms with Gasteiger partial charge < -0.3 is 29.6 Å². The number of alkyl carbamates (subject to hydrolysis) is 2. The summed E-state index contributed by atoms with van der Waals surface area (Å²) in [5.74, 6) is 2.82. The van der Waals surface area contributed by atoms with Crippen molar-refractivity contribution in [3.05, 3.63) is 131 Å². The van der Waals surface area contributed by atoms with Gasteiger partial charge in [-0.1, -0.05) is 107 Å². The Bertz CT molecular complexity index is 1520. The van der Waals surface area contributed by atoms with E-state index in [1.807, 2.05) is 151 Å². The molecule has 278 valence electrons. The fraction of sp³-hybridized carbons (Fsp3) is 0.381. The molecule has 0 saturated heterocycles. The SMILES string of the molecule is CC(C)(C)OC(=O)N[C@@H](CSSC[C@@H](Cc1ccc(OCc2ccccc2)cc1)NC(=O)OC(C)(C)C)Cc1ccc(OCc2ccccc2)cc1. The van der Waals surface area contributed by atoms with E-state index < -0.39 is 23.4 Å². The van der Waals surface area contributed by atoms with Gasteiger partial charge in [-0.3, -0.25) is 0 Å². The maximum atomic E-state index is 12.8. The van der Waals surface area contributed by atoms with Crippen molar-refractivity contribution in [1.29, 1.82) is 0 Å². The molecule has 0 aliphatic rings. The Morgan fingerprint density at radius 3 is 1.19 bits per heavy atom. The third-order valence-electron chi connectivity index (χ3n) is 7.37. The molecule has 2 N–H and O–H groups in total. The van der Waals surface area contributed by atoms with Gasteiger partial charge >= 0.3 is 12.2 Å². The van der Waals surface area contributed by atoms with Gasteiger partial charge in [-0.2, -0.15) is 0 Å². The molecule has 0 aromatic heterocycles. The smallest absolute Gasteiger partial charge is 0.407 e. The molecule has 0 fully saturated rings. The highest BCUT2D eigenvalue weighted by Crippen LogP contribution is 2.26. The summed E-state index contributed by atoms with van der Waals surface area (Å²) in [6.07, 6.45) is 0.326. The largest absolute Gasteiger partial charge is 0.489 e. The topological polar surface area (TPSA) is 95.1 Å². The molecule has 0 heterocycles. The lowest BCUT2D eigenvalue weighted by molar-refractivity contribution is 0.0497. The van der Waals surface area contributed by atoms with Crippen LogP contribution in [0.3, 0.4) is 0 Å². The molecule has 52 heavy (non-hydrogen) atoms. The Morgan fingerprint density at radius 1 is 0.519 bits per heavy atom. The number of carbonyl (C=O) groups excluding carboxylic acids is 2. The molecule has 0 unspecified atom stereocenters. The number of hydrogen-bond donors (Lipinski definition) is 2. The fourth-order valence-electron chi connectivity index (χ4n) is 5.01. The summed E-state index contributed by atoms with van der Waals surface area (Å²) in [7, 11) is 3.29. The first-order chi connectivity index (χ1) is 24.8. The molecule has 0 aliphatic carbocycles. The summed E-state index contributed by atoms with van der Waals surface area (Å²) in [4.78, 5) is 25.6. The van der Waals surface area contributed by atoms with Crippen molar-refractivity contribution in [3.8, 4) is 11.5 Å². The van der Waals surface area contributed by atoms with Crippen LogP contribution in [0.1, 0.15) is 63.8 Å². The predicted molar refractivity (Wildman–Crippen MR) is 213 cm³/mol. The molecule has 0 aliphatic heterocycles. The van der Waals surface area contributed by atoms with E-state index >= 15 is 0 Å². The van der Waals surface area contributed by atoms with Crippen LogP contribution in [-0.2, 0) is 35.5 Å². The molecule has 2 amide bonds. The molecular formula is C42H52N2O6S2. The number of amides is 2. The summed E-state index contributed by atoms with van der Waals surface area (Å²) in [5, 5.41) is 6.13. The second kappa shape index (κ2) is 20.1. The van der Waals surface area contributed by atoms with E-state index in [1.54, 1.807) is 21.6 Å². The Kier molecular flexibility index (Phi) is 15.6. The lowest BCUT2D eigenvalue weighted by Crippen LogP contribution is -2.42. The van der Waals surface area contributed by atoms with E-state index in [-0.39, 0.29) is 12.1 Å². The van der Waals surface area contributed by atoms with Gasteiger partial charge in [-0.05, 0) is 101 Å². The Hall–Kier alpha value is -4.28. The van der Waals surface area contributed by atoms with Crippen LogP contribution in [0.4, 0.5) is 9.59 Å². The van der Waals surface area contributed by atoms with Crippen molar-refractivity contribution >= 4 is 33.8 Å². The van der Waals surface area contributed by atoms with Crippen LogP contribution >= 0.6 is 21.6 Å². The summed E-state index contributed by atoms with van der Waals surface area (Å²) >= 11 is 0. The predicted octanol–water partition coefficient (Wildman–Crippen LogP) is 9.80. The molecule has 0 bridgehead atoms. The van der Waals surface area contributed by atoms with Crippen molar-refractivity contribution in [2.24, 2.45) is 0 Å². The van der Waals surface area contributed by atoms with Gasteiger partial charge in [-0.25, -0.2) is 9.59 Å². The quantitative estimate of drug-likeness (QED) is 0.0816. The second-order valence-electron chi connectivity index (χ2n) is 14.5. The number of ether oxygens (including phenoxy) is 4. The average Bonchev–Trinajstić information content (AvgIpc) is 3.08. The molecule has 8 nitrogen and oxygen atoms in total. The van der Waals surface area contributed by atoms with Gasteiger partial charge in [0.05, 0.1) is 0 Å². The van der Waals surface area contributed by atoms with Gasteiger partial charge in [0.1, 0.15) is 35.9 Å². The Morgan fingerprint density at radius 2 is 0.865 bits per heavy atom. The van der Waals surface area contributed by atoms with E-state index in [1.165, 1.54) is 0 Å². The highest BCUT2D eigenvalue weighted by atomic mass is 33.1. The molecule has 2 atom stereocenters. The molecular weight excluding hydrogens is 693 g/mol. The molecule has 4 aromatic carbocycles. The first-order valence-corrected chi connectivity index (χ1v) is 20.0. The highest BCUT2D eigenvalue weighted by molar-refractivity contribution is 8.76. The molecule has 0 radical (unpaired) electrons. The van der Waals surface area contributed by atoms with E-state index in [2.05, 4.69) is 10.6 Å². The van der Waals surface area contributed by atoms with Crippen molar-refractivity contribution in [2.45, 2.75) is 90.9 Å². The van der Waals surface area contributed by atoms with Crippen LogP contribution in [0.15, 0.2) is 109 Å². The zero-order chi connectivity index (χ0) is 37.4. The molecule has 10 heteroatoms. The third kappa shape index (κ3) is 16.4. The zero-order valence-corrected chi connectivity index (χ0v) is 32.7. The zero-order valence-electron chi connectivity index (χ0n) is 31.1. The van der Waals surface area contributed by atoms with Crippen LogP contribution in [-0.4, -0.2) is 47.0 Å². The van der Waals surface area contributed by atoms with E-state index in [4.69, 9.17) is 18.9 Å². The normalized spacial score (nSPS) is 12.7. The van der Waals surface area contributed by atoms with Crippen LogP contribution < -0.4 is 20.1 Å². The fourth-order valence-corrected chi connectivity index (χ4v) is 7.49. The number of carbonyl (C=O) groups is 2. The lowest BCUT2D eigenvalue weighted by atomic mass is 10.1. The average molecular weight is 745 g/mol. The van der Waals surface area contributed by atoms with Gasteiger partial charge in [0, 0.05) is 23.6 Å². The number of rotatable bonds is 17. The van der Waals surface area contributed by atoms with Crippen molar-refractivity contribution in [3.63, 3.8) is 0 Å². The highest BCUT2D eigenvalue weighted by Gasteiger charge is 2.22. The first-order valence-electron chi connectivity index (χ1n) is 17.5. The summed E-state index contributed by atoms with van der Waals surface area (Å²) in [6, 6.07) is 35.7. The number of nitrogens with one attached hydrogen (secondary N) is 2. The number of benzene rings is 4. The minimum atomic E-state index is -0.610. The minimum Gasteiger partial charge on any atom is -0.489 e. The van der Waals surface area contributed by atoms with E-state index in [9.17, 15) is 9.59 Å². The Balaban J connectivity index is 1.34. The van der Waals surface area contributed by atoms with Gasteiger partial charge in [0.2, 0.25) is 0 Å². The van der Waals surface area contributed by atoms with Gasteiger partial charge in [0.15, 0.2) is 0 Å². The lowest BCUT2D eigenvalue weighted by Gasteiger charge is -2.25. The summed E-state index contributed by atoms with van der Waals surface area (Å²) < 4.78 is 23.1. The van der Waals surface area contributed by atoms with Crippen molar-refractivity contribution in [1.82, 2.24) is 10.6 Å². The van der Waals surface area contributed by atoms with Crippen LogP contribution in [0.5, 0.6) is 11.5 Å². The Labute approximate surface area is 317 Å². The number of hydrogen-bond acceptors (Lipinski definition) is 8. The maximum Gasteiger partial charge on any atom is 0.407 e. The van der Waals surface area contributed by atoms with Crippen molar-refractivity contribution in [2.75, 3.05) is 11.5 Å². The second-order valence-corrected chi connectivity index (χ2v) is 17.1. The molecule has 0 saturated carbocycles. The monoisotopic (exact) mass is 744 g/mol.